The van der Waals surface area contributed by atoms with Gasteiger partial charge in [-0.05, 0) is 71.6 Å². The van der Waals surface area contributed by atoms with Crippen LogP contribution in [0.1, 0.15) is 149 Å². The highest BCUT2D eigenvalue weighted by molar-refractivity contribution is 7.71. The smallest absolute Gasteiger partial charge is 0.389 e. The molecule has 0 fully saturated rings. The lowest BCUT2D eigenvalue weighted by Gasteiger charge is -2.15. The van der Waals surface area contributed by atoms with Crippen LogP contribution < -0.4 is 5.32 Å². The number of H-pyrrole nitrogens is 1. The summed E-state index contributed by atoms with van der Waals surface area (Å²) in [4.78, 5) is 21.4. The van der Waals surface area contributed by atoms with Crippen LogP contribution in [-0.2, 0) is 19.3 Å². The Balaban J connectivity index is 0.000000358. The number of halogens is 3. The highest BCUT2D eigenvalue weighted by Crippen LogP contribution is 2.43. The van der Waals surface area contributed by atoms with E-state index >= 15 is 0 Å². The standard InChI is InChI=1S/C35H52F3N.C8H5N3O2S2/c1-3-5-6-7-8-12-15-18-24-39-33-26-28(4-2)25-32-31(33)27-30-22-19-21-29(34(30)32)20-16-13-10-9-11-14-17-23-35(36,37)38;12-8(13)4-3-10-5(11-6(4)14)7-9-1-2-15-7/h19,21-22,25-26,39H,3-18,20,23-24,27H2,1-2H3;1-3H,(H,12,13)(H,10,11,14). The summed E-state index contributed by atoms with van der Waals surface area (Å²) >= 11 is 6.29. The molecule has 0 unspecified atom stereocenters. The van der Waals surface area contributed by atoms with Crippen molar-refractivity contribution < 1.29 is 23.1 Å². The molecule has 0 saturated heterocycles. The van der Waals surface area contributed by atoms with E-state index in [1.165, 1.54) is 108 Å². The minimum atomic E-state index is -4.00. The molecule has 0 radical (unpaired) electrons. The van der Waals surface area contributed by atoms with Gasteiger partial charge < -0.3 is 15.4 Å². The first kappa shape index (κ1) is 43.2. The lowest BCUT2D eigenvalue weighted by atomic mass is 9.93. The summed E-state index contributed by atoms with van der Waals surface area (Å²) in [6, 6.07) is 11.6. The average Bonchev–Trinajstić information content (AvgIpc) is 3.82. The monoisotopic (exact) mass is 782 g/mol. The molecule has 4 aromatic rings. The Morgan fingerprint density at radius 1 is 0.926 bits per heavy atom. The van der Waals surface area contributed by atoms with Crippen molar-refractivity contribution in [1.29, 1.82) is 0 Å². The van der Waals surface area contributed by atoms with Crippen LogP contribution in [0.15, 0.2) is 48.1 Å². The minimum Gasteiger partial charge on any atom is -0.478 e. The number of anilines is 1. The predicted octanol–water partition coefficient (Wildman–Crippen LogP) is 13.6. The van der Waals surface area contributed by atoms with Crippen LogP contribution in [0, 0.1) is 4.64 Å². The van der Waals surface area contributed by atoms with Crippen molar-refractivity contribution in [2.45, 2.75) is 142 Å². The van der Waals surface area contributed by atoms with Crippen LogP contribution in [0.5, 0.6) is 0 Å². The van der Waals surface area contributed by atoms with Gasteiger partial charge in [0.25, 0.3) is 0 Å². The van der Waals surface area contributed by atoms with Gasteiger partial charge in [0.05, 0.1) is 0 Å². The molecular weight excluding hydrogens is 726 g/mol. The quantitative estimate of drug-likeness (QED) is 0.0478. The van der Waals surface area contributed by atoms with Crippen LogP contribution >= 0.6 is 23.6 Å². The molecule has 0 aliphatic heterocycles. The number of aromatic nitrogens is 3. The maximum Gasteiger partial charge on any atom is 0.389 e. The zero-order valence-electron chi connectivity index (χ0n) is 32.0. The van der Waals surface area contributed by atoms with Crippen LogP contribution in [0.2, 0.25) is 0 Å². The van der Waals surface area contributed by atoms with Gasteiger partial charge >= 0.3 is 12.1 Å². The zero-order valence-corrected chi connectivity index (χ0v) is 33.6. The lowest BCUT2D eigenvalue weighted by molar-refractivity contribution is -0.135. The number of carboxylic acid groups (broad SMARTS) is 1. The van der Waals surface area contributed by atoms with Gasteiger partial charge in [-0.2, -0.15) is 13.2 Å². The third kappa shape index (κ3) is 13.9. The minimum absolute atomic E-state index is 0.00898. The SMILES string of the molecule is CCCCCCCCCCNc1cc(CC)cc2c1Cc1cccc(CCCCCCCCCC(F)(F)F)c1-2.O=C(O)c1cnc(-c2nccs2)[nH]c1=S. The second-order valence-corrected chi connectivity index (χ2v) is 15.6. The Morgan fingerprint density at radius 3 is 2.24 bits per heavy atom. The molecule has 294 valence electrons. The molecule has 54 heavy (non-hydrogen) atoms. The van der Waals surface area contributed by atoms with Crippen LogP contribution in [0.3, 0.4) is 0 Å². The molecule has 3 N–H and O–H groups in total. The number of fused-ring (bicyclic) bond motifs is 3. The summed E-state index contributed by atoms with van der Waals surface area (Å²) in [5.74, 6) is -0.602. The first-order valence-electron chi connectivity index (χ1n) is 19.9. The number of nitrogens with zero attached hydrogens (tertiary/aromatic N) is 2. The predicted molar refractivity (Wildman–Crippen MR) is 219 cm³/mol. The van der Waals surface area contributed by atoms with Gasteiger partial charge in [-0.25, -0.2) is 14.8 Å². The van der Waals surface area contributed by atoms with Gasteiger partial charge in [-0.15, -0.1) is 11.3 Å². The van der Waals surface area contributed by atoms with Gasteiger partial charge in [0, 0.05) is 42.8 Å². The second kappa shape index (κ2) is 22.7. The molecule has 5 rings (SSSR count). The summed E-state index contributed by atoms with van der Waals surface area (Å²) in [5, 5.41) is 15.0. The zero-order chi connectivity index (χ0) is 38.8. The van der Waals surface area contributed by atoms with E-state index < -0.39 is 18.6 Å². The molecule has 1 aliphatic carbocycles. The van der Waals surface area contributed by atoms with E-state index in [1.54, 1.807) is 11.6 Å². The summed E-state index contributed by atoms with van der Waals surface area (Å²) in [7, 11) is 0. The number of unbranched alkanes of at least 4 members (excludes halogenated alkanes) is 13. The number of rotatable bonds is 22. The van der Waals surface area contributed by atoms with E-state index in [9.17, 15) is 18.0 Å². The number of aromatic carboxylic acids is 1. The van der Waals surface area contributed by atoms with E-state index in [0.717, 1.165) is 57.9 Å². The number of benzene rings is 2. The fourth-order valence-corrected chi connectivity index (χ4v) is 7.88. The fraction of sp³-hybridized carbons (Fsp3) is 0.535. The van der Waals surface area contributed by atoms with Crippen molar-refractivity contribution in [3.05, 3.63) is 80.6 Å². The topological polar surface area (TPSA) is 90.9 Å². The van der Waals surface area contributed by atoms with Crippen molar-refractivity contribution in [3.8, 4) is 22.0 Å². The van der Waals surface area contributed by atoms with Crippen LogP contribution in [0.4, 0.5) is 18.9 Å². The lowest BCUT2D eigenvalue weighted by Crippen LogP contribution is -2.06. The van der Waals surface area contributed by atoms with Crippen molar-refractivity contribution in [3.63, 3.8) is 0 Å². The van der Waals surface area contributed by atoms with E-state index in [0.29, 0.717) is 17.3 Å². The summed E-state index contributed by atoms with van der Waals surface area (Å²) in [5.41, 5.74) is 10.0. The van der Waals surface area contributed by atoms with Crippen LogP contribution in [-0.4, -0.2) is 38.7 Å². The maximum atomic E-state index is 12.3. The van der Waals surface area contributed by atoms with Gasteiger partial charge in [0.1, 0.15) is 10.2 Å². The largest absolute Gasteiger partial charge is 0.478 e. The van der Waals surface area contributed by atoms with E-state index in [1.807, 2.05) is 0 Å². The van der Waals surface area contributed by atoms with Crippen molar-refractivity contribution >= 4 is 35.2 Å². The van der Waals surface area contributed by atoms with E-state index in [4.69, 9.17) is 17.3 Å². The number of thiazole rings is 1. The highest BCUT2D eigenvalue weighted by atomic mass is 32.1. The second-order valence-electron chi connectivity index (χ2n) is 14.3. The van der Waals surface area contributed by atoms with Gasteiger partial charge in [0.15, 0.2) is 10.8 Å². The summed E-state index contributed by atoms with van der Waals surface area (Å²) in [6.45, 7) is 5.57. The Labute approximate surface area is 328 Å². The van der Waals surface area contributed by atoms with Gasteiger partial charge in [-0.1, -0.05) is 127 Å². The Morgan fingerprint density at radius 2 is 1.61 bits per heavy atom. The average molecular weight is 783 g/mol. The first-order chi connectivity index (χ1) is 26.1. The molecular formula is C43H57F3N4O2S2. The van der Waals surface area contributed by atoms with Gasteiger partial charge in [-0.3, -0.25) is 0 Å². The molecule has 0 amide bonds. The highest BCUT2D eigenvalue weighted by Gasteiger charge is 2.26. The van der Waals surface area contributed by atoms with Crippen LogP contribution in [0.25, 0.3) is 22.0 Å². The molecule has 0 saturated carbocycles. The normalized spacial score (nSPS) is 11.9. The molecule has 11 heteroatoms. The van der Waals surface area contributed by atoms with E-state index in [-0.39, 0.29) is 16.6 Å². The number of aromatic amines is 1. The van der Waals surface area contributed by atoms with Crippen molar-refractivity contribution in [2.24, 2.45) is 0 Å². The number of carbonyl (C=O) groups is 1. The third-order valence-corrected chi connectivity index (χ3v) is 11.1. The molecule has 0 atom stereocenters. The third-order valence-electron chi connectivity index (χ3n) is 10.0. The molecule has 0 bridgehead atoms. The number of alkyl halides is 3. The number of hydrogen-bond donors (Lipinski definition) is 3. The maximum absolute atomic E-state index is 12.3. The van der Waals surface area contributed by atoms with Crippen molar-refractivity contribution in [1.82, 2.24) is 15.0 Å². The molecule has 2 aromatic carbocycles. The Hall–Kier alpha value is -3.57. The molecule has 1 aliphatic rings. The Bertz CT molecular complexity index is 1790. The van der Waals surface area contributed by atoms with Gasteiger partial charge in [0.2, 0.25) is 0 Å². The molecule has 2 aromatic heterocycles. The summed E-state index contributed by atoms with van der Waals surface area (Å²) in [6.07, 6.45) is 18.4. The first-order valence-corrected chi connectivity index (χ1v) is 21.2. The van der Waals surface area contributed by atoms with E-state index in [2.05, 4.69) is 64.4 Å². The summed E-state index contributed by atoms with van der Waals surface area (Å²) < 4.78 is 37.0. The number of carboxylic acids is 1. The Kier molecular flexibility index (Phi) is 18.2. The number of nitrogens with one attached hydrogen (secondary N) is 2. The fourth-order valence-electron chi connectivity index (χ4n) is 7.06. The number of hydrogen-bond acceptors (Lipinski definition) is 6. The molecule has 0 spiro atoms. The molecule has 6 nitrogen and oxygen atoms in total. The molecule has 2 heterocycles. The van der Waals surface area contributed by atoms with Crippen molar-refractivity contribution in [2.75, 3.05) is 11.9 Å². The number of aryl methyl sites for hydroxylation is 2.